The van der Waals surface area contributed by atoms with Crippen LogP contribution in [-0.4, -0.2) is 41.5 Å². The number of morpholine rings is 1. The Kier molecular flexibility index (Phi) is 3.16. The van der Waals surface area contributed by atoms with E-state index in [2.05, 4.69) is 20.1 Å². The van der Waals surface area contributed by atoms with Gasteiger partial charge in [-0.15, -0.1) is 5.10 Å². The van der Waals surface area contributed by atoms with E-state index in [9.17, 15) is 4.39 Å². The second-order valence-corrected chi connectivity index (χ2v) is 4.60. The third kappa shape index (κ3) is 2.58. The molecule has 2 aromatic rings. The van der Waals surface area contributed by atoms with Gasteiger partial charge in [0, 0.05) is 18.7 Å². The minimum absolute atomic E-state index is 0.265. The zero-order chi connectivity index (χ0) is 13.2. The van der Waals surface area contributed by atoms with Gasteiger partial charge in [-0.25, -0.2) is 4.39 Å². The highest BCUT2D eigenvalue weighted by molar-refractivity contribution is 5.57. The van der Waals surface area contributed by atoms with Crippen LogP contribution in [0.1, 0.15) is 5.56 Å². The molecule has 0 amide bonds. The molecule has 2 heterocycles. The van der Waals surface area contributed by atoms with Gasteiger partial charge in [-0.1, -0.05) is 0 Å². The fourth-order valence-corrected chi connectivity index (χ4v) is 2.16. The van der Waals surface area contributed by atoms with E-state index in [-0.39, 0.29) is 5.82 Å². The summed E-state index contributed by atoms with van der Waals surface area (Å²) in [6.45, 7) is 4.77. The number of hydrogen-bond donors (Lipinski definition) is 1. The summed E-state index contributed by atoms with van der Waals surface area (Å²) in [5.74, 6) is 0.962. The number of H-pyrrole nitrogens is 1. The van der Waals surface area contributed by atoms with Crippen LogP contribution in [-0.2, 0) is 4.74 Å². The molecule has 1 saturated heterocycles. The fraction of sp³-hybridized carbons (Fsp3) is 0.385. The van der Waals surface area contributed by atoms with Crippen LogP contribution in [0.3, 0.4) is 0 Å². The number of aromatic nitrogens is 3. The van der Waals surface area contributed by atoms with Crippen LogP contribution < -0.4 is 4.90 Å². The number of aryl methyl sites for hydroxylation is 1. The van der Waals surface area contributed by atoms with Crippen molar-refractivity contribution in [2.75, 3.05) is 31.2 Å². The number of ether oxygens (including phenoxy) is 1. The lowest BCUT2D eigenvalue weighted by Crippen LogP contribution is -2.36. The Morgan fingerprint density at radius 1 is 1.26 bits per heavy atom. The summed E-state index contributed by atoms with van der Waals surface area (Å²) in [7, 11) is 0. The summed E-state index contributed by atoms with van der Waals surface area (Å²) in [4.78, 5) is 6.47. The molecule has 0 aliphatic carbocycles. The van der Waals surface area contributed by atoms with E-state index in [1.54, 1.807) is 0 Å². The highest BCUT2D eigenvalue weighted by atomic mass is 19.1. The zero-order valence-corrected chi connectivity index (χ0v) is 10.7. The van der Waals surface area contributed by atoms with Crippen molar-refractivity contribution in [1.82, 2.24) is 15.2 Å². The van der Waals surface area contributed by atoms with Crippen LogP contribution in [0.4, 0.5) is 10.3 Å². The van der Waals surface area contributed by atoms with E-state index in [1.165, 1.54) is 12.1 Å². The lowest BCUT2D eigenvalue weighted by atomic mass is 10.1. The number of halogens is 1. The van der Waals surface area contributed by atoms with Gasteiger partial charge in [0.25, 0.3) is 0 Å². The number of nitrogens with one attached hydrogen (secondary N) is 1. The second-order valence-electron chi connectivity index (χ2n) is 4.60. The number of anilines is 1. The van der Waals surface area contributed by atoms with Crippen LogP contribution >= 0.6 is 0 Å². The molecule has 0 spiro atoms. The number of hydrogen-bond acceptors (Lipinski definition) is 4. The third-order valence-electron chi connectivity index (χ3n) is 3.08. The van der Waals surface area contributed by atoms with Gasteiger partial charge >= 0.3 is 0 Å². The van der Waals surface area contributed by atoms with Gasteiger partial charge in [-0.05, 0) is 30.7 Å². The van der Waals surface area contributed by atoms with Gasteiger partial charge in [0.05, 0.1) is 13.2 Å². The Balaban J connectivity index is 1.87. The average Bonchev–Trinajstić information content (AvgIpc) is 2.88. The molecule has 5 nitrogen and oxygen atoms in total. The number of benzene rings is 1. The lowest BCUT2D eigenvalue weighted by molar-refractivity contribution is 0.122. The first-order valence-corrected chi connectivity index (χ1v) is 6.25. The first-order valence-electron chi connectivity index (χ1n) is 6.25. The molecule has 1 aromatic heterocycles. The van der Waals surface area contributed by atoms with Crippen molar-refractivity contribution in [3.05, 3.63) is 29.6 Å². The molecule has 0 bridgehead atoms. The van der Waals surface area contributed by atoms with E-state index < -0.39 is 0 Å². The third-order valence-corrected chi connectivity index (χ3v) is 3.08. The largest absolute Gasteiger partial charge is 0.378 e. The predicted molar refractivity (Wildman–Crippen MR) is 69.5 cm³/mol. The normalized spacial score (nSPS) is 15.8. The maximum Gasteiger partial charge on any atom is 0.245 e. The van der Waals surface area contributed by atoms with Crippen LogP contribution in [0.5, 0.6) is 0 Å². The molecular weight excluding hydrogens is 247 g/mol. The highest BCUT2D eigenvalue weighted by Gasteiger charge is 2.16. The smallest absolute Gasteiger partial charge is 0.245 e. The monoisotopic (exact) mass is 262 g/mol. The summed E-state index contributed by atoms with van der Waals surface area (Å²) in [5.41, 5.74) is 1.57. The van der Waals surface area contributed by atoms with Gasteiger partial charge in [0.2, 0.25) is 5.95 Å². The molecule has 0 radical (unpaired) electrons. The summed E-state index contributed by atoms with van der Waals surface area (Å²) in [6, 6.07) is 4.83. The van der Waals surface area contributed by atoms with E-state index >= 15 is 0 Å². The minimum Gasteiger partial charge on any atom is -0.378 e. The average molecular weight is 262 g/mol. The zero-order valence-electron chi connectivity index (χ0n) is 10.7. The molecule has 1 N–H and O–H groups in total. The van der Waals surface area contributed by atoms with Crippen molar-refractivity contribution in [2.45, 2.75) is 6.92 Å². The summed E-state index contributed by atoms with van der Waals surface area (Å²) in [6.07, 6.45) is 0. The first kappa shape index (κ1) is 12.1. The first-order chi connectivity index (χ1) is 9.22. The molecule has 1 aromatic carbocycles. The molecule has 1 aliphatic heterocycles. The Hall–Kier alpha value is -1.95. The Morgan fingerprint density at radius 3 is 2.79 bits per heavy atom. The van der Waals surface area contributed by atoms with Crippen molar-refractivity contribution >= 4 is 5.95 Å². The SMILES string of the molecule is Cc1cc(F)cc(-c2nc(N3CCOCC3)n[nH]2)c1. The summed E-state index contributed by atoms with van der Waals surface area (Å²) in [5, 5.41) is 7.05. The van der Waals surface area contributed by atoms with Gasteiger partial charge in [-0.2, -0.15) is 4.98 Å². The van der Waals surface area contributed by atoms with Gasteiger partial charge in [-0.3, -0.25) is 5.10 Å². The summed E-state index contributed by atoms with van der Waals surface area (Å²) < 4.78 is 18.7. The molecule has 6 heteroatoms. The molecule has 0 atom stereocenters. The molecule has 100 valence electrons. The Labute approximate surface area is 110 Å². The quantitative estimate of drug-likeness (QED) is 0.896. The molecular formula is C13H15FN4O. The van der Waals surface area contributed by atoms with Gasteiger partial charge < -0.3 is 9.64 Å². The fourth-order valence-electron chi connectivity index (χ4n) is 2.16. The lowest BCUT2D eigenvalue weighted by Gasteiger charge is -2.25. The molecule has 0 saturated carbocycles. The number of aromatic amines is 1. The van der Waals surface area contributed by atoms with E-state index in [0.717, 1.165) is 18.7 Å². The Morgan fingerprint density at radius 2 is 2.05 bits per heavy atom. The van der Waals surface area contributed by atoms with Crippen molar-refractivity contribution < 1.29 is 9.13 Å². The summed E-state index contributed by atoms with van der Waals surface area (Å²) >= 11 is 0. The Bertz CT molecular complexity index is 558. The highest BCUT2D eigenvalue weighted by Crippen LogP contribution is 2.20. The molecule has 19 heavy (non-hydrogen) atoms. The maximum atomic E-state index is 13.4. The van der Waals surface area contributed by atoms with Gasteiger partial charge in [0.15, 0.2) is 5.82 Å². The topological polar surface area (TPSA) is 54.0 Å². The minimum atomic E-state index is -0.265. The van der Waals surface area contributed by atoms with Crippen molar-refractivity contribution in [3.8, 4) is 11.4 Å². The predicted octanol–water partition coefficient (Wildman–Crippen LogP) is 1.76. The van der Waals surface area contributed by atoms with E-state index in [0.29, 0.717) is 30.5 Å². The molecule has 1 fully saturated rings. The van der Waals surface area contributed by atoms with Crippen LogP contribution in [0.2, 0.25) is 0 Å². The van der Waals surface area contributed by atoms with E-state index in [1.807, 2.05) is 13.0 Å². The second kappa shape index (κ2) is 4.97. The van der Waals surface area contributed by atoms with Crippen LogP contribution in [0.15, 0.2) is 18.2 Å². The van der Waals surface area contributed by atoms with Crippen LogP contribution in [0.25, 0.3) is 11.4 Å². The van der Waals surface area contributed by atoms with Crippen molar-refractivity contribution in [1.29, 1.82) is 0 Å². The number of nitrogens with zero attached hydrogens (tertiary/aromatic N) is 3. The van der Waals surface area contributed by atoms with Crippen molar-refractivity contribution in [2.24, 2.45) is 0 Å². The molecule has 0 unspecified atom stereocenters. The molecule has 3 rings (SSSR count). The van der Waals surface area contributed by atoms with Crippen LogP contribution in [0, 0.1) is 12.7 Å². The van der Waals surface area contributed by atoms with Crippen molar-refractivity contribution in [3.63, 3.8) is 0 Å². The van der Waals surface area contributed by atoms with Gasteiger partial charge in [0.1, 0.15) is 5.82 Å². The maximum absolute atomic E-state index is 13.4. The van der Waals surface area contributed by atoms with E-state index in [4.69, 9.17) is 4.74 Å². The molecule has 1 aliphatic rings. The number of rotatable bonds is 2. The standard InChI is InChI=1S/C13H15FN4O/c1-9-6-10(8-11(14)7-9)12-15-13(17-16-12)18-2-4-19-5-3-18/h6-8H,2-5H2,1H3,(H,15,16,17).